The monoisotopic (exact) mass is 324 g/mol. The molecule has 0 bridgehead atoms. The molecule has 92 valence electrons. The van der Waals surface area contributed by atoms with E-state index >= 15 is 0 Å². The number of hydrogen-bond acceptors (Lipinski definition) is 4. The normalized spacial score (nSPS) is 10.3. The highest BCUT2D eigenvalue weighted by Crippen LogP contribution is 2.28. The van der Waals surface area contributed by atoms with Crippen LogP contribution >= 0.6 is 27.7 Å². The average molecular weight is 325 g/mol. The molecule has 0 radical (unpaired) electrons. The van der Waals surface area contributed by atoms with Gasteiger partial charge in [-0.1, -0.05) is 15.9 Å². The van der Waals surface area contributed by atoms with Gasteiger partial charge in [-0.25, -0.2) is 9.89 Å². The van der Waals surface area contributed by atoms with Crippen molar-refractivity contribution in [2.75, 3.05) is 0 Å². The first kappa shape index (κ1) is 12.9. The van der Waals surface area contributed by atoms with Crippen LogP contribution in [0.5, 0.6) is 0 Å². The van der Waals surface area contributed by atoms with Gasteiger partial charge in [-0.3, -0.25) is 4.57 Å². The van der Waals surface area contributed by atoms with Crippen molar-refractivity contribution in [1.29, 1.82) is 5.26 Å². The molecule has 2 rings (SSSR count). The van der Waals surface area contributed by atoms with Crippen LogP contribution in [0, 0.1) is 11.3 Å². The average Bonchev–Trinajstić information content (AvgIpc) is 2.69. The van der Waals surface area contributed by atoms with Crippen LogP contribution in [0.3, 0.4) is 0 Å². The molecule has 0 unspecified atom stereocenters. The molecule has 0 saturated carbocycles. The molecule has 0 aliphatic heterocycles. The number of nitriles is 1. The second kappa shape index (κ2) is 5.42. The van der Waals surface area contributed by atoms with Gasteiger partial charge in [0.25, 0.3) is 0 Å². The number of halogens is 1. The fraction of sp³-hybridized carbons (Fsp3) is 0.182. The van der Waals surface area contributed by atoms with Crippen molar-refractivity contribution >= 4 is 27.7 Å². The van der Waals surface area contributed by atoms with Crippen LogP contribution in [0.15, 0.2) is 37.5 Å². The van der Waals surface area contributed by atoms with Crippen molar-refractivity contribution in [3.8, 4) is 6.07 Å². The summed E-state index contributed by atoms with van der Waals surface area (Å²) in [6.45, 7) is 2.43. The molecule has 2 aromatic rings. The van der Waals surface area contributed by atoms with Crippen LogP contribution < -0.4 is 5.69 Å². The summed E-state index contributed by atoms with van der Waals surface area (Å²) < 4.78 is 2.36. The Balaban J connectivity index is 2.37. The van der Waals surface area contributed by atoms with E-state index in [0.29, 0.717) is 17.3 Å². The fourth-order valence-electron chi connectivity index (χ4n) is 1.45. The van der Waals surface area contributed by atoms with Gasteiger partial charge in [0.15, 0.2) is 5.16 Å². The Kier molecular flexibility index (Phi) is 3.89. The number of benzene rings is 1. The van der Waals surface area contributed by atoms with E-state index in [2.05, 4.69) is 32.2 Å². The third kappa shape index (κ3) is 2.66. The Labute approximate surface area is 116 Å². The van der Waals surface area contributed by atoms with Gasteiger partial charge in [-0.05, 0) is 36.9 Å². The highest BCUT2D eigenvalue weighted by Gasteiger charge is 2.09. The number of aromatic amines is 1. The maximum absolute atomic E-state index is 11.4. The summed E-state index contributed by atoms with van der Waals surface area (Å²) in [7, 11) is 0. The van der Waals surface area contributed by atoms with Gasteiger partial charge >= 0.3 is 5.69 Å². The third-order valence-electron chi connectivity index (χ3n) is 2.25. The quantitative estimate of drug-likeness (QED) is 0.940. The molecule has 7 heteroatoms. The zero-order chi connectivity index (χ0) is 13.1. The van der Waals surface area contributed by atoms with E-state index in [1.807, 2.05) is 13.0 Å². The Morgan fingerprint density at radius 2 is 2.33 bits per heavy atom. The van der Waals surface area contributed by atoms with Crippen LogP contribution in [0.2, 0.25) is 0 Å². The van der Waals surface area contributed by atoms with Crippen molar-refractivity contribution in [2.24, 2.45) is 0 Å². The predicted octanol–water partition coefficient (Wildman–Crippen LogP) is 2.38. The van der Waals surface area contributed by atoms with Gasteiger partial charge in [0.1, 0.15) is 0 Å². The predicted molar refractivity (Wildman–Crippen MR) is 71.5 cm³/mol. The minimum absolute atomic E-state index is 0.226. The van der Waals surface area contributed by atoms with E-state index in [4.69, 9.17) is 5.26 Å². The molecule has 0 amide bonds. The minimum atomic E-state index is -0.226. The SMILES string of the molecule is CCn1c(Sc2cc(Br)cc(C#N)c2)n[nH]c1=O. The van der Waals surface area contributed by atoms with Gasteiger partial charge in [-0.2, -0.15) is 5.26 Å². The second-order valence-electron chi connectivity index (χ2n) is 3.45. The maximum Gasteiger partial charge on any atom is 0.343 e. The summed E-state index contributed by atoms with van der Waals surface area (Å²) in [5.74, 6) is 0. The van der Waals surface area contributed by atoms with E-state index in [1.54, 1.807) is 12.1 Å². The smallest absolute Gasteiger partial charge is 0.270 e. The maximum atomic E-state index is 11.4. The Hall–Kier alpha value is -1.52. The lowest BCUT2D eigenvalue weighted by Crippen LogP contribution is -2.15. The Bertz CT molecular complexity index is 670. The van der Waals surface area contributed by atoms with E-state index in [0.717, 1.165) is 9.37 Å². The van der Waals surface area contributed by atoms with E-state index in [-0.39, 0.29) is 5.69 Å². The lowest BCUT2D eigenvalue weighted by atomic mass is 10.2. The fourth-order valence-corrected chi connectivity index (χ4v) is 3.09. The van der Waals surface area contributed by atoms with Crippen LogP contribution in [-0.4, -0.2) is 14.8 Å². The molecule has 1 heterocycles. The topological polar surface area (TPSA) is 74.5 Å². The lowest BCUT2D eigenvalue weighted by molar-refractivity contribution is 0.660. The summed E-state index contributed by atoms with van der Waals surface area (Å²) in [6, 6.07) is 7.46. The molecule has 18 heavy (non-hydrogen) atoms. The van der Waals surface area contributed by atoms with Gasteiger partial charge in [-0.15, -0.1) is 5.10 Å². The molecule has 0 atom stereocenters. The van der Waals surface area contributed by atoms with Crippen molar-refractivity contribution in [1.82, 2.24) is 14.8 Å². The van der Waals surface area contributed by atoms with Crippen LogP contribution in [0.1, 0.15) is 12.5 Å². The summed E-state index contributed by atoms with van der Waals surface area (Å²) >= 11 is 4.69. The Morgan fingerprint density at radius 1 is 1.56 bits per heavy atom. The summed E-state index contributed by atoms with van der Waals surface area (Å²) in [6.07, 6.45) is 0. The first-order valence-corrected chi connectivity index (χ1v) is 6.78. The lowest BCUT2D eigenvalue weighted by Gasteiger charge is -2.03. The molecule has 0 saturated heterocycles. The molecule has 0 aliphatic carbocycles. The molecule has 0 spiro atoms. The summed E-state index contributed by atoms with van der Waals surface area (Å²) in [5.41, 5.74) is 0.336. The van der Waals surface area contributed by atoms with Gasteiger partial charge < -0.3 is 0 Å². The van der Waals surface area contributed by atoms with Crippen LogP contribution in [0.4, 0.5) is 0 Å². The molecule has 0 fully saturated rings. The molecule has 1 N–H and O–H groups in total. The molecular weight excluding hydrogens is 316 g/mol. The first-order chi connectivity index (χ1) is 8.63. The molecule has 0 aliphatic rings. The second-order valence-corrected chi connectivity index (χ2v) is 5.40. The van der Waals surface area contributed by atoms with Gasteiger partial charge in [0, 0.05) is 15.9 Å². The minimum Gasteiger partial charge on any atom is -0.270 e. The highest BCUT2D eigenvalue weighted by atomic mass is 79.9. The molecule has 1 aromatic heterocycles. The zero-order valence-corrected chi connectivity index (χ0v) is 11.9. The largest absolute Gasteiger partial charge is 0.343 e. The zero-order valence-electron chi connectivity index (χ0n) is 9.48. The van der Waals surface area contributed by atoms with Gasteiger partial charge in [0.05, 0.1) is 11.6 Å². The Morgan fingerprint density at radius 3 is 3.00 bits per heavy atom. The van der Waals surface area contributed by atoms with Crippen LogP contribution in [0.25, 0.3) is 0 Å². The first-order valence-electron chi connectivity index (χ1n) is 5.17. The number of hydrogen-bond donors (Lipinski definition) is 1. The van der Waals surface area contributed by atoms with Crippen molar-refractivity contribution in [3.63, 3.8) is 0 Å². The standard InChI is InChI=1S/C11H9BrN4OS/c1-2-16-10(17)14-15-11(16)18-9-4-7(6-13)3-8(12)5-9/h3-5H,2H2,1H3,(H,14,17). The molecule has 1 aromatic carbocycles. The highest BCUT2D eigenvalue weighted by molar-refractivity contribution is 9.10. The number of rotatable bonds is 3. The van der Waals surface area contributed by atoms with E-state index < -0.39 is 0 Å². The molecular formula is C11H9BrN4OS. The number of aromatic nitrogens is 3. The number of H-pyrrole nitrogens is 1. The van der Waals surface area contributed by atoms with E-state index in [9.17, 15) is 4.79 Å². The number of nitrogens with one attached hydrogen (secondary N) is 1. The van der Waals surface area contributed by atoms with E-state index in [1.165, 1.54) is 16.3 Å². The van der Waals surface area contributed by atoms with Crippen molar-refractivity contribution in [2.45, 2.75) is 23.5 Å². The van der Waals surface area contributed by atoms with Crippen LogP contribution in [-0.2, 0) is 6.54 Å². The van der Waals surface area contributed by atoms with Gasteiger partial charge in [0.2, 0.25) is 0 Å². The molecule has 5 nitrogen and oxygen atoms in total. The van der Waals surface area contributed by atoms with Crippen molar-refractivity contribution in [3.05, 3.63) is 38.7 Å². The number of nitrogens with zero attached hydrogens (tertiary/aromatic N) is 3. The summed E-state index contributed by atoms with van der Waals surface area (Å²) in [5, 5.41) is 15.9. The van der Waals surface area contributed by atoms with Crippen molar-refractivity contribution < 1.29 is 0 Å². The third-order valence-corrected chi connectivity index (χ3v) is 3.67. The summed E-state index contributed by atoms with van der Waals surface area (Å²) in [4.78, 5) is 12.3.